The van der Waals surface area contributed by atoms with E-state index in [0.717, 1.165) is 94.5 Å². The summed E-state index contributed by atoms with van der Waals surface area (Å²) in [5.74, 6) is 0. The van der Waals surface area contributed by atoms with Gasteiger partial charge in [0.05, 0.1) is 50.8 Å². The van der Waals surface area contributed by atoms with Gasteiger partial charge in [-0.25, -0.2) is 0 Å². The maximum atomic E-state index is 6.15. The summed E-state index contributed by atoms with van der Waals surface area (Å²) in [5, 5.41) is 3.07. The molecule has 0 aliphatic carbocycles. The van der Waals surface area contributed by atoms with Crippen molar-refractivity contribution in [3.05, 3.63) is 137 Å². The second-order valence-electron chi connectivity index (χ2n) is 14.9. The molecule has 0 bridgehead atoms. The van der Waals surface area contributed by atoms with Crippen LogP contribution in [0, 0.1) is 0 Å². The van der Waals surface area contributed by atoms with Crippen LogP contribution in [0.2, 0.25) is 20.1 Å². The third-order valence-electron chi connectivity index (χ3n) is 10.3. The van der Waals surface area contributed by atoms with E-state index < -0.39 is 0 Å². The Hall–Kier alpha value is -2.28. The van der Waals surface area contributed by atoms with Crippen LogP contribution < -0.4 is 22.9 Å². The van der Waals surface area contributed by atoms with Crippen molar-refractivity contribution in [2.75, 3.05) is 26.4 Å². The number of rotatable bonds is 4. The molecule has 0 amide bonds. The summed E-state index contributed by atoms with van der Waals surface area (Å²) < 4.78 is 22.5. The molecule has 0 radical (unpaired) electrons. The Labute approximate surface area is 352 Å². The molecule has 8 N–H and O–H groups in total. The molecule has 0 saturated carbocycles. The van der Waals surface area contributed by atoms with Gasteiger partial charge in [-0.2, -0.15) is 0 Å². The van der Waals surface area contributed by atoms with Crippen LogP contribution in [0.1, 0.15) is 96.6 Å². The molecule has 12 heteroatoms. The number of hydrogen-bond acceptors (Lipinski definition) is 8. The predicted molar refractivity (Wildman–Crippen MR) is 230 cm³/mol. The SMILES string of the molecule is C[C@@H](N)[C@@H]1OCCc2cccc(Cl)c21.C[C@@H](N)[C@H]1OCCc2cccc(Cl)c21.C[C@H](N)[C@@H]1OCCc2cccc(Cl)c21.C[C@H](N)[C@H]1OCCc2cccc(Cl)c21. The molecule has 0 aromatic heterocycles. The van der Waals surface area contributed by atoms with Crippen molar-refractivity contribution < 1.29 is 18.9 Å². The lowest BCUT2D eigenvalue weighted by Gasteiger charge is -2.29. The van der Waals surface area contributed by atoms with E-state index in [2.05, 4.69) is 24.3 Å². The van der Waals surface area contributed by atoms with E-state index in [1.807, 2.05) is 76.2 Å². The van der Waals surface area contributed by atoms with Gasteiger partial charge in [0.2, 0.25) is 0 Å². The van der Waals surface area contributed by atoms with Gasteiger partial charge in [0.1, 0.15) is 0 Å². The first-order valence-corrected chi connectivity index (χ1v) is 20.9. The first-order valence-electron chi connectivity index (χ1n) is 19.4. The molecule has 4 aromatic carbocycles. The van der Waals surface area contributed by atoms with Crippen molar-refractivity contribution in [3.8, 4) is 0 Å². The lowest BCUT2D eigenvalue weighted by atomic mass is 9.94. The van der Waals surface area contributed by atoms with Gasteiger partial charge >= 0.3 is 0 Å². The molecule has 0 unspecified atom stereocenters. The van der Waals surface area contributed by atoms with E-state index in [-0.39, 0.29) is 48.6 Å². The molecular formula is C44H56Cl4N4O4. The Morgan fingerprint density at radius 1 is 0.393 bits per heavy atom. The predicted octanol–water partition coefficient (Wildman–Crippen LogP) is 9.20. The fraction of sp³-hybridized carbons (Fsp3) is 0.455. The lowest BCUT2D eigenvalue weighted by Crippen LogP contribution is -2.31. The number of hydrogen-bond donors (Lipinski definition) is 4. The maximum absolute atomic E-state index is 6.15. The van der Waals surface area contributed by atoms with E-state index in [4.69, 9.17) is 88.3 Å². The largest absolute Gasteiger partial charge is 0.372 e. The van der Waals surface area contributed by atoms with Crippen LogP contribution in [-0.4, -0.2) is 50.6 Å². The zero-order valence-electron chi connectivity index (χ0n) is 32.7. The molecule has 304 valence electrons. The van der Waals surface area contributed by atoms with Gasteiger partial charge in [0.25, 0.3) is 0 Å². The molecule has 8 nitrogen and oxygen atoms in total. The first kappa shape index (κ1) is 44.8. The lowest BCUT2D eigenvalue weighted by molar-refractivity contribution is 0.0285. The molecule has 0 saturated heterocycles. The third-order valence-corrected chi connectivity index (χ3v) is 11.6. The Kier molecular flexibility index (Phi) is 16.9. The average molecular weight is 847 g/mol. The van der Waals surface area contributed by atoms with Crippen LogP contribution in [0.4, 0.5) is 0 Å². The molecular weight excluding hydrogens is 790 g/mol. The van der Waals surface area contributed by atoms with Crippen LogP contribution >= 0.6 is 46.4 Å². The van der Waals surface area contributed by atoms with Crippen molar-refractivity contribution in [1.29, 1.82) is 0 Å². The topological polar surface area (TPSA) is 141 Å². The summed E-state index contributed by atoms with van der Waals surface area (Å²) in [5.41, 5.74) is 32.9. The Morgan fingerprint density at radius 3 is 0.768 bits per heavy atom. The van der Waals surface area contributed by atoms with E-state index in [0.29, 0.717) is 0 Å². The summed E-state index contributed by atoms with van der Waals surface area (Å²) >= 11 is 24.6. The average Bonchev–Trinajstić information content (AvgIpc) is 3.18. The second-order valence-corrected chi connectivity index (χ2v) is 16.5. The van der Waals surface area contributed by atoms with Gasteiger partial charge in [-0.1, -0.05) is 94.9 Å². The fourth-order valence-corrected chi connectivity index (χ4v) is 8.86. The number of fused-ring (bicyclic) bond motifs is 4. The number of nitrogens with two attached hydrogens (primary N) is 4. The van der Waals surface area contributed by atoms with Gasteiger partial charge in [-0.3, -0.25) is 0 Å². The summed E-state index contributed by atoms with van der Waals surface area (Å²) in [6, 6.07) is 23.8. The molecule has 4 aromatic rings. The normalized spacial score (nSPS) is 22.9. The fourth-order valence-electron chi connectivity index (χ4n) is 7.65. The smallest absolute Gasteiger partial charge is 0.0990 e. The molecule has 4 aliphatic rings. The summed E-state index contributed by atoms with van der Waals surface area (Å²) in [4.78, 5) is 0. The van der Waals surface area contributed by atoms with E-state index in [9.17, 15) is 0 Å². The number of halogens is 4. The first-order chi connectivity index (χ1) is 26.8. The van der Waals surface area contributed by atoms with Crippen LogP contribution in [0.3, 0.4) is 0 Å². The molecule has 8 rings (SSSR count). The van der Waals surface area contributed by atoms with Gasteiger partial charge in [0, 0.05) is 66.5 Å². The van der Waals surface area contributed by atoms with Gasteiger partial charge < -0.3 is 41.9 Å². The monoisotopic (exact) mass is 844 g/mol. The van der Waals surface area contributed by atoms with Gasteiger partial charge in [0.15, 0.2) is 0 Å². The summed E-state index contributed by atoms with van der Waals surface area (Å²) in [6.45, 7) is 10.7. The van der Waals surface area contributed by atoms with Gasteiger partial charge in [-0.15, -0.1) is 0 Å². The highest BCUT2D eigenvalue weighted by molar-refractivity contribution is 6.32. The quantitative estimate of drug-likeness (QED) is 0.159. The second kappa shape index (κ2) is 21.1. The highest BCUT2D eigenvalue weighted by Gasteiger charge is 2.29. The Bertz CT molecular complexity index is 1620. The van der Waals surface area contributed by atoms with Crippen LogP contribution in [0.5, 0.6) is 0 Å². The number of ether oxygens (including phenoxy) is 4. The summed E-state index contributed by atoms with van der Waals surface area (Å²) in [7, 11) is 0. The zero-order chi connectivity index (χ0) is 40.5. The molecule has 8 atom stereocenters. The van der Waals surface area contributed by atoms with E-state index >= 15 is 0 Å². The number of benzene rings is 4. The van der Waals surface area contributed by atoms with Crippen molar-refractivity contribution in [1.82, 2.24) is 0 Å². The van der Waals surface area contributed by atoms with E-state index in [1.54, 1.807) is 0 Å². The molecule has 56 heavy (non-hydrogen) atoms. The van der Waals surface area contributed by atoms with Crippen molar-refractivity contribution >= 4 is 46.4 Å². The minimum atomic E-state index is -0.0487. The maximum Gasteiger partial charge on any atom is 0.0990 e. The third kappa shape index (κ3) is 11.1. The van der Waals surface area contributed by atoms with Crippen LogP contribution in [0.25, 0.3) is 0 Å². The zero-order valence-corrected chi connectivity index (χ0v) is 35.7. The van der Waals surface area contributed by atoms with Crippen molar-refractivity contribution in [3.63, 3.8) is 0 Å². The molecule has 0 fully saturated rings. The van der Waals surface area contributed by atoms with Crippen LogP contribution in [-0.2, 0) is 44.6 Å². The summed E-state index contributed by atoms with van der Waals surface area (Å²) in [6.07, 6.45) is 3.52. The minimum absolute atomic E-state index is 0.0195. The highest BCUT2D eigenvalue weighted by atomic mass is 35.5. The highest BCUT2D eigenvalue weighted by Crippen LogP contribution is 2.37. The van der Waals surface area contributed by atoms with Crippen molar-refractivity contribution in [2.45, 2.75) is 102 Å². The molecule has 4 aliphatic heterocycles. The standard InChI is InChI=1S/4C11H14ClNO/c4*1-7(13)11-10-8(5-6-14-11)3-2-4-9(10)12/h4*2-4,7,11H,5-6,13H2,1H3/t2*7-,11+;2*7-,11-/m1010/s1. The van der Waals surface area contributed by atoms with E-state index in [1.165, 1.54) is 22.3 Å². The minimum Gasteiger partial charge on any atom is -0.372 e. The molecule has 4 heterocycles. The van der Waals surface area contributed by atoms with Crippen LogP contribution in [0.15, 0.2) is 72.8 Å². The van der Waals surface area contributed by atoms with Gasteiger partial charge in [-0.05, 0) is 99.9 Å². The Morgan fingerprint density at radius 2 is 0.589 bits per heavy atom. The van der Waals surface area contributed by atoms with Crippen molar-refractivity contribution in [2.24, 2.45) is 22.9 Å². The Balaban J connectivity index is 0.000000143. The molecule has 0 spiro atoms.